The van der Waals surface area contributed by atoms with Gasteiger partial charge < -0.3 is 0 Å². The molecule has 72 heavy (non-hydrogen) atoms. The highest BCUT2D eigenvalue weighted by atomic mass is 14.4. The molecular formula is C72H54. The molecule has 0 heterocycles. The van der Waals surface area contributed by atoms with Gasteiger partial charge >= 0.3 is 0 Å². The topological polar surface area (TPSA) is 0 Å². The Morgan fingerprint density at radius 3 is 0.847 bits per heavy atom. The third-order valence-corrected chi connectivity index (χ3v) is 15.9. The van der Waals surface area contributed by atoms with E-state index in [1.165, 1.54) is 134 Å². The molecule has 0 heteroatoms. The van der Waals surface area contributed by atoms with Crippen molar-refractivity contribution in [3.8, 4) is 111 Å². The van der Waals surface area contributed by atoms with E-state index in [0.717, 1.165) is 0 Å². The summed E-state index contributed by atoms with van der Waals surface area (Å²) in [7, 11) is 0. The Morgan fingerprint density at radius 2 is 0.458 bits per heavy atom. The lowest BCUT2D eigenvalue weighted by atomic mass is 9.77. The maximum Gasteiger partial charge on any atom is 0.0159 e. The fourth-order valence-corrected chi connectivity index (χ4v) is 12.2. The summed E-state index contributed by atoms with van der Waals surface area (Å²) in [6.45, 7) is 9.65. The summed E-state index contributed by atoms with van der Waals surface area (Å²) < 4.78 is 0. The van der Waals surface area contributed by atoms with Crippen molar-refractivity contribution in [3.63, 3.8) is 0 Å². The summed E-state index contributed by atoms with van der Waals surface area (Å²) in [5, 5.41) is 0. The van der Waals surface area contributed by atoms with Gasteiger partial charge in [0.1, 0.15) is 0 Å². The van der Waals surface area contributed by atoms with E-state index in [1.54, 1.807) is 0 Å². The average molecular weight is 919 g/mol. The lowest BCUT2D eigenvalue weighted by Crippen LogP contribution is -2.15. The first kappa shape index (κ1) is 43.4. The summed E-state index contributed by atoms with van der Waals surface area (Å²) >= 11 is 0. The molecule has 2 aliphatic rings. The van der Waals surface area contributed by atoms with Crippen LogP contribution in [0.3, 0.4) is 0 Å². The van der Waals surface area contributed by atoms with E-state index in [1.807, 2.05) is 0 Å². The van der Waals surface area contributed by atoms with Crippen molar-refractivity contribution in [2.24, 2.45) is 0 Å². The molecule has 0 N–H and O–H groups in total. The summed E-state index contributed by atoms with van der Waals surface area (Å²) in [6, 6.07) is 94.8. The molecule has 0 aromatic heterocycles. The van der Waals surface area contributed by atoms with Crippen LogP contribution in [0.25, 0.3) is 111 Å². The number of benzene rings is 11. The van der Waals surface area contributed by atoms with Crippen molar-refractivity contribution in [2.45, 2.75) is 38.5 Å². The van der Waals surface area contributed by atoms with Gasteiger partial charge in [-0.15, -0.1) is 0 Å². The van der Waals surface area contributed by atoms with E-state index in [9.17, 15) is 0 Å². The van der Waals surface area contributed by atoms with Crippen LogP contribution in [-0.4, -0.2) is 0 Å². The minimum Gasteiger partial charge on any atom is -0.0622 e. The third-order valence-electron chi connectivity index (χ3n) is 15.9. The van der Waals surface area contributed by atoms with Gasteiger partial charge in [0, 0.05) is 10.8 Å². The monoisotopic (exact) mass is 918 g/mol. The smallest absolute Gasteiger partial charge is 0.0159 e. The van der Waals surface area contributed by atoms with Crippen LogP contribution >= 0.6 is 0 Å². The van der Waals surface area contributed by atoms with E-state index in [2.05, 4.69) is 282 Å². The van der Waals surface area contributed by atoms with Gasteiger partial charge in [-0.25, -0.2) is 0 Å². The molecule has 0 radical (unpaired) electrons. The maximum absolute atomic E-state index is 2.52. The van der Waals surface area contributed by atoms with Gasteiger partial charge in [0.05, 0.1) is 0 Å². The minimum atomic E-state index is -0.255. The Labute approximate surface area is 424 Å². The van der Waals surface area contributed by atoms with Crippen LogP contribution in [0.15, 0.2) is 255 Å². The molecule has 0 spiro atoms. The largest absolute Gasteiger partial charge is 0.0622 e. The number of hydrogen-bond acceptors (Lipinski definition) is 0. The first-order valence-electron chi connectivity index (χ1n) is 25.4. The molecule has 0 saturated carbocycles. The summed E-state index contributed by atoms with van der Waals surface area (Å²) in [6.07, 6.45) is 0. The average Bonchev–Trinajstić information content (AvgIpc) is 3.81. The zero-order valence-electron chi connectivity index (χ0n) is 41.2. The molecule has 0 amide bonds. The molecule has 0 aliphatic heterocycles. The van der Waals surface area contributed by atoms with Crippen LogP contribution in [0.2, 0.25) is 0 Å². The highest BCUT2D eigenvalue weighted by molar-refractivity contribution is 6.08. The van der Waals surface area contributed by atoms with E-state index < -0.39 is 0 Å². The second kappa shape index (κ2) is 17.1. The second-order valence-corrected chi connectivity index (χ2v) is 20.8. The Kier molecular flexibility index (Phi) is 10.3. The zero-order chi connectivity index (χ0) is 48.6. The molecule has 342 valence electrons. The number of fused-ring (bicyclic) bond motifs is 6. The predicted molar refractivity (Wildman–Crippen MR) is 305 cm³/mol. The predicted octanol–water partition coefficient (Wildman–Crippen LogP) is 19.6. The van der Waals surface area contributed by atoms with E-state index >= 15 is 0 Å². The highest BCUT2D eigenvalue weighted by Gasteiger charge is 2.38. The number of hydrogen-bond donors (Lipinski definition) is 0. The zero-order valence-corrected chi connectivity index (χ0v) is 41.2. The Balaban J connectivity index is 0.926. The summed E-state index contributed by atoms with van der Waals surface area (Å²) in [5.41, 5.74) is 30.1. The molecule has 11 aromatic rings. The summed E-state index contributed by atoms with van der Waals surface area (Å²) in [5.74, 6) is 0. The van der Waals surface area contributed by atoms with Gasteiger partial charge in [0.25, 0.3) is 0 Å². The summed E-state index contributed by atoms with van der Waals surface area (Å²) in [4.78, 5) is 0. The van der Waals surface area contributed by atoms with Crippen molar-refractivity contribution in [1.82, 2.24) is 0 Å². The van der Waals surface area contributed by atoms with Gasteiger partial charge in [0.15, 0.2) is 0 Å². The Bertz CT molecular complexity index is 3760. The molecule has 2 aliphatic carbocycles. The van der Waals surface area contributed by atoms with Gasteiger partial charge in [-0.3, -0.25) is 0 Å². The molecular weight excluding hydrogens is 865 g/mol. The number of rotatable bonds is 8. The lowest BCUT2D eigenvalue weighted by molar-refractivity contribution is 0.660. The molecule has 13 rings (SSSR count). The molecule has 0 fully saturated rings. The van der Waals surface area contributed by atoms with Crippen LogP contribution in [0.4, 0.5) is 0 Å². The van der Waals surface area contributed by atoms with Crippen LogP contribution in [-0.2, 0) is 10.8 Å². The van der Waals surface area contributed by atoms with Crippen LogP contribution in [0, 0.1) is 0 Å². The fourth-order valence-electron chi connectivity index (χ4n) is 12.2. The van der Waals surface area contributed by atoms with E-state index in [-0.39, 0.29) is 10.8 Å². The van der Waals surface area contributed by atoms with Crippen molar-refractivity contribution in [3.05, 3.63) is 277 Å². The van der Waals surface area contributed by atoms with Gasteiger partial charge in [-0.1, -0.05) is 252 Å². The molecule has 0 unspecified atom stereocenters. The molecule has 0 nitrogen and oxygen atoms in total. The van der Waals surface area contributed by atoms with E-state index in [4.69, 9.17) is 0 Å². The van der Waals surface area contributed by atoms with Crippen LogP contribution in [0.1, 0.15) is 49.9 Å². The van der Waals surface area contributed by atoms with Crippen LogP contribution < -0.4 is 0 Å². The Morgan fingerprint density at radius 1 is 0.181 bits per heavy atom. The van der Waals surface area contributed by atoms with Gasteiger partial charge in [0.2, 0.25) is 0 Å². The molecule has 0 bridgehead atoms. The SMILES string of the molecule is CC1(C)c2cc(-c3ccc4c(c3)C(C)(C)c3cc(-c5c(-c6ccccc6)c(-c6ccccc6)cc(-c6ccccc6)c5-c5ccccc5)ccc3-4)ccc2-c2ccc(-c3ccccc3-c3ccccc3)cc21. The molecule has 0 saturated heterocycles. The highest BCUT2D eigenvalue weighted by Crippen LogP contribution is 2.56. The Hall–Kier alpha value is -8.58. The second-order valence-electron chi connectivity index (χ2n) is 20.8. The maximum atomic E-state index is 2.52. The minimum absolute atomic E-state index is 0.170. The fraction of sp³-hybridized carbons (Fsp3) is 0.0833. The van der Waals surface area contributed by atoms with Crippen molar-refractivity contribution in [1.29, 1.82) is 0 Å². The standard InChI is InChI=1S/C72H54/c1-71(2)64-42-52(34-38-58(64)60-40-36-54(44-66(60)71)57-33-21-20-32-56(57)47-22-10-5-11-23-47)53-35-39-59-61-41-37-55(45-67(61)72(3,4)65(59)43-53)70-68(50-28-16-8-17-29-50)62(48-24-12-6-13-25-48)46-63(49-26-14-7-15-27-49)69(70)51-30-18-9-19-31-51/h5-46H,1-4H3. The van der Waals surface area contributed by atoms with Crippen molar-refractivity contribution in [2.75, 3.05) is 0 Å². The lowest BCUT2D eigenvalue weighted by Gasteiger charge is -2.26. The molecule has 11 aromatic carbocycles. The molecule has 0 atom stereocenters. The van der Waals surface area contributed by atoms with E-state index in [0.29, 0.717) is 0 Å². The normalized spacial score (nSPS) is 13.5. The quantitative estimate of drug-likeness (QED) is 0.142. The first-order valence-corrected chi connectivity index (χ1v) is 25.4. The van der Waals surface area contributed by atoms with Gasteiger partial charge in [-0.2, -0.15) is 0 Å². The van der Waals surface area contributed by atoms with Crippen molar-refractivity contribution >= 4 is 0 Å². The first-order chi connectivity index (χ1) is 35.2. The van der Waals surface area contributed by atoms with Crippen LogP contribution in [0.5, 0.6) is 0 Å². The third kappa shape index (κ3) is 7.04. The van der Waals surface area contributed by atoms with Crippen molar-refractivity contribution < 1.29 is 0 Å². The van der Waals surface area contributed by atoms with Gasteiger partial charge in [-0.05, 0) is 164 Å².